The van der Waals surface area contributed by atoms with Gasteiger partial charge in [0.25, 0.3) is 5.91 Å². The maximum atomic E-state index is 13.5. The molecule has 4 rings (SSSR count). The molecule has 3 aromatic rings. The van der Waals surface area contributed by atoms with Crippen molar-refractivity contribution in [3.8, 4) is 0 Å². The summed E-state index contributed by atoms with van der Waals surface area (Å²) in [4.78, 5) is 18.5. The van der Waals surface area contributed by atoms with Gasteiger partial charge in [0, 0.05) is 30.5 Å². The quantitative estimate of drug-likeness (QED) is 0.469. The van der Waals surface area contributed by atoms with Crippen molar-refractivity contribution in [1.29, 1.82) is 0 Å². The summed E-state index contributed by atoms with van der Waals surface area (Å²) in [6, 6.07) is 16.5. The number of carbonyl (C=O) groups excluding carboxylic acids is 1. The topological polar surface area (TPSA) is 48.1 Å². The van der Waals surface area contributed by atoms with E-state index in [2.05, 4.69) is 10.3 Å². The Labute approximate surface area is 187 Å². The van der Waals surface area contributed by atoms with Crippen molar-refractivity contribution in [3.05, 3.63) is 87.9 Å². The molecule has 0 radical (unpaired) electrons. The number of para-hydroxylation sites is 1. The normalized spacial score (nSPS) is 14.5. The highest BCUT2D eigenvalue weighted by molar-refractivity contribution is 7.71. The highest BCUT2D eigenvalue weighted by Gasteiger charge is 2.27. The van der Waals surface area contributed by atoms with Crippen LogP contribution < -0.4 is 5.32 Å². The van der Waals surface area contributed by atoms with Crippen molar-refractivity contribution in [2.45, 2.75) is 32.1 Å². The first-order chi connectivity index (χ1) is 15.1. The average Bonchev–Trinajstić information content (AvgIpc) is 2.80. The number of pyridine rings is 1. The van der Waals surface area contributed by atoms with Gasteiger partial charge in [-0.05, 0) is 55.0 Å². The van der Waals surface area contributed by atoms with Gasteiger partial charge in [-0.25, -0.2) is 4.39 Å². The molecule has 31 heavy (non-hydrogen) atoms. The van der Waals surface area contributed by atoms with Crippen molar-refractivity contribution in [3.63, 3.8) is 0 Å². The number of H-pyrrole nitrogens is 1. The molecule has 2 heterocycles. The number of piperidine rings is 1. The number of aromatic amines is 1. The predicted molar refractivity (Wildman–Crippen MR) is 125 cm³/mol. The molecule has 160 valence electrons. The van der Waals surface area contributed by atoms with Crippen LogP contribution in [0, 0.1) is 10.5 Å². The van der Waals surface area contributed by atoms with Crippen LogP contribution in [0.5, 0.6) is 0 Å². The van der Waals surface area contributed by atoms with Crippen molar-refractivity contribution in [2.75, 3.05) is 18.4 Å². The van der Waals surface area contributed by atoms with Crippen LogP contribution in [0.1, 0.15) is 47.2 Å². The maximum Gasteiger partial charge on any atom is 0.257 e. The SMILES string of the molecule is CCc1c(Nc2ccccc2)c(C(=O)N2CCC(c3ccc(F)cc3)CC2)c[nH]c1=S. The summed E-state index contributed by atoms with van der Waals surface area (Å²) in [6.45, 7) is 3.38. The number of rotatable bonds is 5. The fraction of sp³-hybridized carbons (Fsp3) is 0.280. The van der Waals surface area contributed by atoms with Gasteiger partial charge in [-0.15, -0.1) is 0 Å². The number of aromatic nitrogens is 1. The Morgan fingerprint density at radius 3 is 2.45 bits per heavy atom. The van der Waals surface area contributed by atoms with Crippen molar-refractivity contribution in [2.24, 2.45) is 0 Å². The van der Waals surface area contributed by atoms with Gasteiger partial charge in [0.05, 0.1) is 11.3 Å². The number of halogens is 1. The lowest BCUT2D eigenvalue weighted by atomic mass is 9.89. The Bertz CT molecular complexity index is 1100. The van der Waals surface area contributed by atoms with E-state index in [0.29, 0.717) is 29.2 Å². The van der Waals surface area contributed by atoms with Gasteiger partial charge in [-0.3, -0.25) is 4.79 Å². The molecule has 1 aliphatic rings. The number of hydrogen-bond acceptors (Lipinski definition) is 3. The van der Waals surface area contributed by atoms with Gasteiger partial charge in [0.15, 0.2) is 0 Å². The first-order valence-corrected chi connectivity index (χ1v) is 11.1. The summed E-state index contributed by atoms with van der Waals surface area (Å²) in [6.07, 6.45) is 4.17. The number of amides is 1. The Hall–Kier alpha value is -2.99. The second-order valence-corrected chi connectivity index (χ2v) is 8.26. The van der Waals surface area contributed by atoms with E-state index in [1.807, 2.05) is 54.3 Å². The second-order valence-electron chi connectivity index (χ2n) is 7.85. The minimum absolute atomic E-state index is 0.00284. The molecule has 1 aromatic heterocycles. The van der Waals surface area contributed by atoms with Crippen LogP contribution in [0.15, 0.2) is 60.8 Å². The van der Waals surface area contributed by atoms with Crippen LogP contribution in [0.2, 0.25) is 0 Å². The molecule has 1 fully saturated rings. The van der Waals surface area contributed by atoms with Gasteiger partial charge in [-0.1, -0.05) is 49.5 Å². The maximum absolute atomic E-state index is 13.5. The molecule has 2 N–H and O–H groups in total. The van der Waals surface area contributed by atoms with E-state index in [4.69, 9.17) is 12.2 Å². The van der Waals surface area contributed by atoms with Gasteiger partial charge in [0.1, 0.15) is 10.5 Å². The third-order valence-corrected chi connectivity index (χ3v) is 6.31. The van der Waals surface area contributed by atoms with E-state index in [1.54, 1.807) is 6.20 Å². The third kappa shape index (κ3) is 4.69. The number of carbonyl (C=O) groups is 1. The van der Waals surface area contributed by atoms with Crippen LogP contribution in [-0.4, -0.2) is 28.9 Å². The first kappa shape index (κ1) is 21.2. The Morgan fingerprint density at radius 1 is 1.13 bits per heavy atom. The summed E-state index contributed by atoms with van der Waals surface area (Å²) in [5.74, 6) is 0.124. The van der Waals surface area contributed by atoms with E-state index in [1.165, 1.54) is 12.1 Å². The smallest absolute Gasteiger partial charge is 0.257 e. The van der Waals surface area contributed by atoms with Gasteiger partial charge in [0.2, 0.25) is 0 Å². The summed E-state index contributed by atoms with van der Waals surface area (Å²) in [7, 11) is 0. The predicted octanol–water partition coefficient (Wildman–Crippen LogP) is 6.21. The lowest BCUT2D eigenvalue weighted by molar-refractivity contribution is 0.0713. The Kier molecular flexibility index (Phi) is 6.47. The zero-order chi connectivity index (χ0) is 21.8. The highest BCUT2D eigenvalue weighted by atomic mass is 32.1. The van der Waals surface area contributed by atoms with Crippen LogP contribution in [0.3, 0.4) is 0 Å². The zero-order valence-electron chi connectivity index (χ0n) is 17.5. The van der Waals surface area contributed by atoms with E-state index < -0.39 is 0 Å². The molecule has 1 saturated heterocycles. The summed E-state index contributed by atoms with van der Waals surface area (Å²) in [5, 5.41) is 3.42. The summed E-state index contributed by atoms with van der Waals surface area (Å²) in [5.41, 5.74) is 4.38. The number of likely N-dealkylation sites (tertiary alicyclic amines) is 1. The van der Waals surface area contributed by atoms with Crippen LogP contribution in [-0.2, 0) is 6.42 Å². The molecule has 2 aromatic carbocycles. The fourth-order valence-electron chi connectivity index (χ4n) is 4.21. The molecule has 0 aliphatic carbocycles. The minimum atomic E-state index is -0.219. The molecule has 1 amide bonds. The molecule has 0 bridgehead atoms. The fourth-order valence-corrected chi connectivity index (χ4v) is 4.51. The second kappa shape index (κ2) is 9.43. The van der Waals surface area contributed by atoms with E-state index in [9.17, 15) is 9.18 Å². The Balaban J connectivity index is 1.56. The minimum Gasteiger partial charge on any atom is -0.355 e. The van der Waals surface area contributed by atoms with E-state index in [-0.39, 0.29) is 11.7 Å². The third-order valence-electron chi connectivity index (χ3n) is 5.94. The van der Waals surface area contributed by atoms with Crippen LogP contribution in [0.4, 0.5) is 15.8 Å². The molecule has 1 aliphatic heterocycles. The van der Waals surface area contributed by atoms with Crippen molar-refractivity contribution in [1.82, 2.24) is 9.88 Å². The summed E-state index contributed by atoms with van der Waals surface area (Å²) < 4.78 is 13.9. The van der Waals surface area contributed by atoms with Crippen molar-refractivity contribution >= 4 is 29.5 Å². The largest absolute Gasteiger partial charge is 0.355 e. The molecular weight excluding hydrogens is 409 g/mol. The van der Waals surface area contributed by atoms with E-state index in [0.717, 1.165) is 41.8 Å². The van der Waals surface area contributed by atoms with E-state index >= 15 is 0 Å². The Morgan fingerprint density at radius 2 is 1.81 bits per heavy atom. The standard InChI is InChI=1S/C25H26FN3OS/c1-2-21-23(28-20-6-4-3-5-7-20)22(16-27-24(21)31)25(30)29-14-12-18(13-15-29)17-8-10-19(26)11-9-17/h3-11,16,18H,2,12-15H2,1H3,(H2,27,28,31). The monoisotopic (exact) mass is 435 g/mol. The molecule has 0 saturated carbocycles. The van der Waals surface area contributed by atoms with Crippen LogP contribution in [0.25, 0.3) is 0 Å². The molecule has 4 nitrogen and oxygen atoms in total. The molecule has 0 atom stereocenters. The first-order valence-electron chi connectivity index (χ1n) is 10.7. The lowest BCUT2D eigenvalue weighted by Gasteiger charge is -2.33. The number of benzene rings is 2. The molecule has 0 unspecified atom stereocenters. The summed E-state index contributed by atoms with van der Waals surface area (Å²) >= 11 is 5.49. The van der Waals surface area contributed by atoms with Crippen molar-refractivity contribution < 1.29 is 9.18 Å². The van der Waals surface area contributed by atoms with Crippen LogP contribution >= 0.6 is 12.2 Å². The molecule has 6 heteroatoms. The number of nitrogens with zero attached hydrogens (tertiary/aromatic N) is 1. The van der Waals surface area contributed by atoms with Gasteiger partial charge < -0.3 is 15.2 Å². The number of anilines is 2. The van der Waals surface area contributed by atoms with Gasteiger partial charge in [-0.2, -0.15) is 0 Å². The highest BCUT2D eigenvalue weighted by Crippen LogP contribution is 2.31. The molecule has 0 spiro atoms. The lowest BCUT2D eigenvalue weighted by Crippen LogP contribution is -2.38. The van der Waals surface area contributed by atoms with Gasteiger partial charge >= 0.3 is 0 Å². The number of nitrogens with one attached hydrogen (secondary N) is 2. The average molecular weight is 436 g/mol. The zero-order valence-corrected chi connectivity index (χ0v) is 18.3. The number of hydrogen-bond donors (Lipinski definition) is 2. The molecular formula is C25H26FN3OS.